The molecule has 6 heteroatoms. The van der Waals surface area contributed by atoms with E-state index in [1.54, 1.807) is 29.6 Å². The van der Waals surface area contributed by atoms with Crippen molar-refractivity contribution in [2.75, 3.05) is 13.6 Å². The third-order valence-electron chi connectivity index (χ3n) is 4.21. The number of hydrogen-bond donors (Lipinski definition) is 2. The zero-order valence-corrected chi connectivity index (χ0v) is 14.4. The normalized spacial score (nSPS) is 10.7. The van der Waals surface area contributed by atoms with Crippen LogP contribution in [0.1, 0.15) is 23.2 Å². The number of amides is 2. The molecule has 0 saturated carbocycles. The van der Waals surface area contributed by atoms with Gasteiger partial charge in [0.05, 0.1) is 0 Å². The van der Waals surface area contributed by atoms with E-state index in [0.29, 0.717) is 18.5 Å². The maximum atomic E-state index is 12.4. The van der Waals surface area contributed by atoms with E-state index in [1.165, 1.54) is 0 Å². The molecule has 0 aliphatic rings. The molecule has 26 heavy (non-hydrogen) atoms. The zero-order valence-electron chi connectivity index (χ0n) is 14.4. The standard InChI is InChI=1S/C20H20N2O4/c1-22(12-4-7-19(23)21-25)20(24)15-10-8-14(9-11-15)18-13-16-5-2-3-6-17(16)26-18/h2-3,5-6,8-11,13,25H,4,7,12H2,1H3,(H,21,23). The van der Waals surface area contributed by atoms with Crippen molar-refractivity contribution in [3.63, 3.8) is 0 Å². The monoisotopic (exact) mass is 352 g/mol. The van der Waals surface area contributed by atoms with Crippen LogP contribution in [0.5, 0.6) is 0 Å². The molecule has 2 amide bonds. The Morgan fingerprint density at radius 1 is 1.12 bits per heavy atom. The average Bonchev–Trinajstić information content (AvgIpc) is 3.11. The smallest absolute Gasteiger partial charge is 0.253 e. The van der Waals surface area contributed by atoms with Crippen molar-refractivity contribution in [2.45, 2.75) is 12.8 Å². The second-order valence-corrected chi connectivity index (χ2v) is 6.09. The molecular formula is C20H20N2O4. The van der Waals surface area contributed by atoms with Gasteiger partial charge in [-0.1, -0.05) is 30.3 Å². The van der Waals surface area contributed by atoms with Gasteiger partial charge in [-0.25, -0.2) is 5.48 Å². The molecule has 2 N–H and O–H groups in total. The maximum absolute atomic E-state index is 12.4. The lowest BCUT2D eigenvalue weighted by Gasteiger charge is -2.17. The number of nitrogens with one attached hydrogen (secondary N) is 1. The van der Waals surface area contributed by atoms with Gasteiger partial charge in [-0.2, -0.15) is 0 Å². The number of nitrogens with zero attached hydrogens (tertiary/aromatic N) is 1. The van der Waals surface area contributed by atoms with Gasteiger partial charge in [-0.3, -0.25) is 14.8 Å². The van der Waals surface area contributed by atoms with E-state index < -0.39 is 5.91 Å². The van der Waals surface area contributed by atoms with Crippen LogP contribution >= 0.6 is 0 Å². The van der Waals surface area contributed by atoms with Crippen molar-refractivity contribution < 1.29 is 19.2 Å². The summed E-state index contributed by atoms with van der Waals surface area (Å²) in [6, 6.07) is 17.0. The number of rotatable bonds is 6. The Morgan fingerprint density at radius 2 is 1.85 bits per heavy atom. The molecule has 3 rings (SSSR count). The SMILES string of the molecule is CN(CCCC(=O)NO)C(=O)c1ccc(-c2cc3ccccc3o2)cc1. The van der Waals surface area contributed by atoms with Crippen molar-refractivity contribution in [1.29, 1.82) is 0 Å². The largest absolute Gasteiger partial charge is 0.456 e. The van der Waals surface area contributed by atoms with Crippen molar-refractivity contribution in [3.8, 4) is 11.3 Å². The quantitative estimate of drug-likeness (QED) is 0.526. The highest BCUT2D eigenvalue weighted by Crippen LogP contribution is 2.27. The number of hydroxylamine groups is 1. The first-order valence-corrected chi connectivity index (χ1v) is 8.36. The summed E-state index contributed by atoms with van der Waals surface area (Å²) in [6.07, 6.45) is 0.644. The zero-order chi connectivity index (χ0) is 18.5. The van der Waals surface area contributed by atoms with Crippen molar-refractivity contribution in [3.05, 3.63) is 60.2 Å². The van der Waals surface area contributed by atoms with Gasteiger partial charge in [-0.05, 0) is 30.7 Å². The van der Waals surface area contributed by atoms with Crippen LogP contribution in [0.2, 0.25) is 0 Å². The van der Waals surface area contributed by atoms with Gasteiger partial charge in [0.25, 0.3) is 5.91 Å². The fourth-order valence-electron chi connectivity index (χ4n) is 2.76. The predicted molar refractivity (Wildman–Crippen MR) is 97.8 cm³/mol. The molecule has 6 nitrogen and oxygen atoms in total. The molecule has 1 aromatic heterocycles. The first kappa shape index (κ1) is 17.7. The molecule has 1 heterocycles. The van der Waals surface area contributed by atoms with E-state index in [1.807, 2.05) is 42.5 Å². The fourth-order valence-corrected chi connectivity index (χ4v) is 2.76. The van der Waals surface area contributed by atoms with Crippen LogP contribution in [-0.4, -0.2) is 35.5 Å². The lowest BCUT2D eigenvalue weighted by Crippen LogP contribution is -2.29. The summed E-state index contributed by atoms with van der Waals surface area (Å²) in [6.45, 7) is 0.428. The molecule has 2 aromatic carbocycles. The van der Waals surface area contributed by atoms with Gasteiger partial charge in [0.1, 0.15) is 11.3 Å². The molecule has 0 radical (unpaired) electrons. The van der Waals surface area contributed by atoms with Crippen LogP contribution in [0.25, 0.3) is 22.3 Å². The van der Waals surface area contributed by atoms with Crippen LogP contribution in [0.3, 0.4) is 0 Å². The van der Waals surface area contributed by atoms with Crippen molar-refractivity contribution in [2.24, 2.45) is 0 Å². The Hall–Kier alpha value is -3.12. The van der Waals surface area contributed by atoms with Gasteiger partial charge in [0, 0.05) is 36.5 Å². The average molecular weight is 352 g/mol. The Morgan fingerprint density at radius 3 is 2.54 bits per heavy atom. The number of carbonyl (C=O) groups is 2. The Labute approximate surface area is 151 Å². The van der Waals surface area contributed by atoms with Gasteiger partial charge < -0.3 is 9.32 Å². The molecule has 134 valence electrons. The molecule has 0 spiro atoms. The summed E-state index contributed by atoms with van der Waals surface area (Å²) >= 11 is 0. The molecule has 0 aliphatic carbocycles. The highest BCUT2D eigenvalue weighted by Gasteiger charge is 2.13. The van der Waals surface area contributed by atoms with Crippen molar-refractivity contribution in [1.82, 2.24) is 10.4 Å². The van der Waals surface area contributed by atoms with Gasteiger partial charge in [0.2, 0.25) is 5.91 Å². The number of para-hydroxylation sites is 1. The number of benzene rings is 2. The number of hydrogen-bond acceptors (Lipinski definition) is 4. The first-order chi connectivity index (χ1) is 12.6. The molecule has 0 saturated heterocycles. The molecule has 0 atom stereocenters. The highest BCUT2D eigenvalue weighted by molar-refractivity contribution is 5.94. The Bertz CT molecular complexity index is 882. The van der Waals surface area contributed by atoms with E-state index in [-0.39, 0.29) is 12.3 Å². The second kappa shape index (κ2) is 7.84. The molecule has 0 bridgehead atoms. The molecule has 3 aromatic rings. The fraction of sp³-hybridized carbons (Fsp3) is 0.200. The van der Waals surface area contributed by atoms with E-state index >= 15 is 0 Å². The van der Waals surface area contributed by atoms with Crippen LogP contribution < -0.4 is 5.48 Å². The summed E-state index contributed by atoms with van der Waals surface area (Å²) in [5.74, 6) is 0.181. The van der Waals surface area contributed by atoms with Crippen LogP contribution in [0, 0.1) is 0 Å². The lowest BCUT2D eigenvalue weighted by molar-refractivity contribution is -0.129. The van der Waals surface area contributed by atoms with Crippen LogP contribution in [0.15, 0.2) is 59.0 Å². The number of carbonyl (C=O) groups excluding carboxylic acids is 2. The van der Waals surface area contributed by atoms with Crippen molar-refractivity contribution >= 4 is 22.8 Å². The second-order valence-electron chi connectivity index (χ2n) is 6.09. The van der Waals surface area contributed by atoms with E-state index in [2.05, 4.69) is 0 Å². The highest BCUT2D eigenvalue weighted by atomic mass is 16.5. The summed E-state index contributed by atoms with van der Waals surface area (Å²) < 4.78 is 5.83. The first-order valence-electron chi connectivity index (χ1n) is 8.36. The lowest BCUT2D eigenvalue weighted by atomic mass is 10.1. The molecular weight excluding hydrogens is 332 g/mol. The number of fused-ring (bicyclic) bond motifs is 1. The summed E-state index contributed by atoms with van der Waals surface area (Å²) in [5.41, 5.74) is 3.88. The third-order valence-corrected chi connectivity index (χ3v) is 4.21. The van der Waals surface area contributed by atoms with Crippen LogP contribution in [0.4, 0.5) is 0 Å². The van der Waals surface area contributed by atoms with E-state index in [4.69, 9.17) is 9.62 Å². The summed E-state index contributed by atoms with van der Waals surface area (Å²) in [4.78, 5) is 25.0. The maximum Gasteiger partial charge on any atom is 0.253 e. The van der Waals surface area contributed by atoms with Gasteiger partial charge >= 0.3 is 0 Å². The summed E-state index contributed by atoms with van der Waals surface area (Å²) in [7, 11) is 1.69. The minimum atomic E-state index is -0.457. The van der Waals surface area contributed by atoms with E-state index in [0.717, 1.165) is 22.3 Å². The molecule has 0 unspecified atom stereocenters. The predicted octanol–water partition coefficient (Wildman–Crippen LogP) is 3.46. The summed E-state index contributed by atoms with van der Waals surface area (Å²) in [5, 5.41) is 9.50. The van der Waals surface area contributed by atoms with E-state index in [9.17, 15) is 9.59 Å². The number of furan rings is 1. The molecule has 0 fully saturated rings. The topological polar surface area (TPSA) is 82.8 Å². The Kier molecular flexibility index (Phi) is 5.34. The Balaban J connectivity index is 1.66. The van der Waals surface area contributed by atoms with Gasteiger partial charge in [0.15, 0.2) is 0 Å². The minimum absolute atomic E-state index is 0.120. The van der Waals surface area contributed by atoms with Crippen LogP contribution in [-0.2, 0) is 4.79 Å². The minimum Gasteiger partial charge on any atom is -0.456 e. The molecule has 0 aliphatic heterocycles. The van der Waals surface area contributed by atoms with Gasteiger partial charge in [-0.15, -0.1) is 0 Å². The third kappa shape index (κ3) is 3.92.